The number of carbonyl (C=O) groups is 2. The van der Waals surface area contributed by atoms with Crippen molar-refractivity contribution in [2.24, 2.45) is 0 Å². The smallest absolute Gasteiger partial charge is 0.349 e. The molecular formula is C28H37ClF3N3O4S. The van der Waals surface area contributed by atoms with Crippen LogP contribution in [0.25, 0.3) is 0 Å². The number of sulfone groups is 1. The lowest BCUT2D eigenvalue weighted by atomic mass is 9.99. The Morgan fingerprint density at radius 2 is 1.65 bits per heavy atom. The van der Waals surface area contributed by atoms with Crippen LogP contribution < -0.4 is 5.32 Å². The van der Waals surface area contributed by atoms with Gasteiger partial charge in [0.1, 0.15) is 6.42 Å². The molecular weight excluding hydrogens is 567 g/mol. The number of piperidine rings is 1. The average molecular weight is 604 g/mol. The Morgan fingerprint density at radius 1 is 1.05 bits per heavy atom. The van der Waals surface area contributed by atoms with Crippen molar-refractivity contribution in [3.8, 4) is 0 Å². The first-order valence-electron chi connectivity index (χ1n) is 13.1. The Kier molecular flexibility index (Phi) is 12.5. The minimum Gasteiger partial charge on any atom is -0.349 e. The lowest BCUT2D eigenvalue weighted by Gasteiger charge is -2.38. The van der Waals surface area contributed by atoms with Gasteiger partial charge in [-0.15, -0.1) is 12.4 Å². The zero-order valence-corrected chi connectivity index (χ0v) is 24.3. The van der Waals surface area contributed by atoms with E-state index in [9.17, 15) is 31.2 Å². The maximum absolute atomic E-state index is 13.1. The van der Waals surface area contributed by atoms with Gasteiger partial charge in [-0.2, -0.15) is 13.2 Å². The van der Waals surface area contributed by atoms with Crippen LogP contribution in [0.3, 0.4) is 0 Å². The summed E-state index contributed by atoms with van der Waals surface area (Å²) >= 11 is 0. The topological polar surface area (TPSA) is 86.8 Å². The second-order valence-corrected chi connectivity index (χ2v) is 12.0. The number of likely N-dealkylation sites (tertiary alicyclic amines) is 1. The molecule has 0 aliphatic carbocycles. The second kappa shape index (κ2) is 14.8. The SMILES string of the molecule is CCN(C(=O)Cc1ccc(S(C)(=O)=O)cc1)C1CCN(CCC(NC(=O)CC(F)(F)F)c2ccccc2)CC1.Cl. The van der Waals surface area contributed by atoms with Crippen molar-refractivity contribution in [3.05, 3.63) is 65.7 Å². The summed E-state index contributed by atoms with van der Waals surface area (Å²) < 4.78 is 61.4. The van der Waals surface area contributed by atoms with E-state index < -0.39 is 34.4 Å². The Bertz CT molecular complexity index is 1200. The van der Waals surface area contributed by atoms with E-state index in [0.29, 0.717) is 19.5 Å². The summed E-state index contributed by atoms with van der Waals surface area (Å²) in [5.74, 6) is -1.06. The number of hydrogen-bond acceptors (Lipinski definition) is 5. The van der Waals surface area contributed by atoms with Gasteiger partial charge < -0.3 is 15.1 Å². The molecule has 1 atom stereocenters. The van der Waals surface area contributed by atoms with E-state index in [1.54, 1.807) is 36.4 Å². The molecule has 2 aromatic rings. The molecule has 222 valence electrons. The standard InChI is InChI=1S/C28H36F3N3O4S.ClH/c1-3-34(27(36)19-21-9-11-24(12-10-21)39(2,37)38)23-13-16-33(17-14-23)18-15-25(22-7-5-4-6-8-22)32-26(35)20-28(29,30)31;/h4-12,23,25H,3,13-20H2,1-2H3,(H,32,35);1H. The Morgan fingerprint density at radius 3 is 2.17 bits per heavy atom. The largest absolute Gasteiger partial charge is 0.397 e. The first-order valence-corrected chi connectivity index (χ1v) is 15.0. The van der Waals surface area contributed by atoms with Gasteiger partial charge >= 0.3 is 6.18 Å². The van der Waals surface area contributed by atoms with Gasteiger partial charge in [-0.05, 0) is 49.4 Å². The van der Waals surface area contributed by atoms with Crippen LogP contribution in [0.15, 0.2) is 59.5 Å². The molecule has 1 aliphatic rings. The van der Waals surface area contributed by atoms with Gasteiger partial charge in [0, 0.05) is 38.5 Å². The van der Waals surface area contributed by atoms with Gasteiger partial charge in [0.05, 0.1) is 17.4 Å². The normalized spacial score (nSPS) is 15.6. The number of carbonyl (C=O) groups excluding carboxylic acids is 2. The average Bonchev–Trinajstić information content (AvgIpc) is 2.87. The number of hydrogen-bond donors (Lipinski definition) is 1. The number of amides is 2. The first-order chi connectivity index (χ1) is 18.4. The highest BCUT2D eigenvalue weighted by Crippen LogP contribution is 2.24. The van der Waals surface area contributed by atoms with Crippen LogP contribution in [0.4, 0.5) is 13.2 Å². The molecule has 1 unspecified atom stereocenters. The molecule has 1 saturated heterocycles. The van der Waals surface area contributed by atoms with Crippen molar-refractivity contribution in [1.82, 2.24) is 15.1 Å². The third-order valence-corrected chi connectivity index (χ3v) is 8.13. The zero-order valence-electron chi connectivity index (χ0n) is 22.7. The molecule has 0 aromatic heterocycles. The summed E-state index contributed by atoms with van der Waals surface area (Å²) in [6.07, 6.45) is -2.73. The Hall–Kier alpha value is -2.63. The van der Waals surface area contributed by atoms with E-state index in [2.05, 4.69) is 10.2 Å². The van der Waals surface area contributed by atoms with E-state index in [4.69, 9.17) is 0 Å². The molecule has 1 N–H and O–H groups in total. The van der Waals surface area contributed by atoms with Crippen LogP contribution in [0.2, 0.25) is 0 Å². The van der Waals surface area contributed by atoms with Crippen molar-refractivity contribution in [2.75, 3.05) is 32.4 Å². The van der Waals surface area contributed by atoms with Crippen LogP contribution in [0, 0.1) is 0 Å². The molecule has 2 aromatic carbocycles. The number of benzene rings is 2. The molecule has 1 fully saturated rings. The van der Waals surface area contributed by atoms with E-state index in [1.165, 1.54) is 12.1 Å². The lowest BCUT2D eigenvalue weighted by molar-refractivity contribution is -0.154. The highest BCUT2D eigenvalue weighted by Gasteiger charge is 2.32. The molecule has 1 heterocycles. The zero-order chi connectivity index (χ0) is 28.6. The number of halogens is 4. The van der Waals surface area contributed by atoms with Crippen LogP contribution in [-0.4, -0.2) is 74.7 Å². The van der Waals surface area contributed by atoms with Crippen LogP contribution in [-0.2, 0) is 25.8 Å². The number of rotatable bonds is 11. The van der Waals surface area contributed by atoms with Crippen molar-refractivity contribution in [1.29, 1.82) is 0 Å². The quantitative estimate of drug-likeness (QED) is 0.407. The third-order valence-electron chi connectivity index (χ3n) is 7.00. The highest BCUT2D eigenvalue weighted by atomic mass is 35.5. The summed E-state index contributed by atoms with van der Waals surface area (Å²) in [4.78, 5) is 29.3. The predicted molar refractivity (Wildman–Crippen MR) is 150 cm³/mol. The monoisotopic (exact) mass is 603 g/mol. The summed E-state index contributed by atoms with van der Waals surface area (Å²) in [6.45, 7) is 4.56. The Labute approximate surface area is 240 Å². The minimum absolute atomic E-state index is 0. The molecule has 0 bridgehead atoms. The summed E-state index contributed by atoms with van der Waals surface area (Å²) in [5.41, 5.74) is 1.51. The summed E-state index contributed by atoms with van der Waals surface area (Å²) in [5, 5.41) is 2.54. The fraction of sp³-hybridized carbons (Fsp3) is 0.500. The lowest BCUT2D eigenvalue weighted by Crippen LogP contribution is -2.48. The van der Waals surface area contributed by atoms with Crippen molar-refractivity contribution >= 4 is 34.1 Å². The Balaban J connectivity index is 0.00000560. The van der Waals surface area contributed by atoms with E-state index in [-0.39, 0.29) is 35.7 Å². The van der Waals surface area contributed by atoms with Gasteiger partial charge in [0.25, 0.3) is 0 Å². The van der Waals surface area contributed by atoms with Gasteiger partial charge in [-0.25, -0.2) is 8.42 Å². The number of alkyl halides is 3. The maximum atomic E-state index is 13.1. The fourth-order valence-corrected chi connectivity index (χ4v) is 5.60. The summed E-state index contributed by atoms with van der Waals surface area (Å²) in [6, 6.07) is 14.9. The number of nitrogens with zero attached hydrogens (tertiary/aromatic N) is 2. The molecule has 3 rings (SSSR count). The van der Waals surface area contributed by atoms with Crippen LogP contribution in [0.1, 0.15) is 49.8 Å². The first kappa shape index (κ1) is 33.6. The maximum Gasteiger partial charge on any atom is 0.397 e. The van der Waals surface area contributed by atoms with Gasteiger partial charge in [-0.3, -0.25) is 9.59 Å². The predicted octanol–water partition coefficient (Wildman–Crippen LogP) is 4.57. The molecule has 0 spiro atoms. The molecule has 0 radical (unpaired) electrons. The van der Waals surface area contributed by atoms with Gasteiger partial charge in [0.2, 0.25) is 11.8 Å². The van der Waals surface area contributed by atoms with Gasteiger partial charge in [-0.1, -0.05) is 42.5 Å². The van der Waals surface area contributed by atoms with E-state index in [0.717, 1.165) is 43.3 Å². The van der Waals surface area contributed by atoms with Crippen molar-refractivity contribution in [2.45, 2.75) is 62.2 Å². The molecule has 1 aliphatic heterocycles. The molecule has 40 heavy (non-hydrogen) atoms. The van der Waals surface area contributed by atoms with Gasteiger partial charge in [0.15, 0.2) is 9.84 Å². The van der Waals surface area contributed by atoms with Crippen molar-refractivity contribution in [3.63, 3.8) is 0 Å². The van der Waals surface area contributed by atoms with Crippen molar-refractivity contribution < 1.29 is 31.2 Å². The van der Waals surface area contributed by atoms with Crippen LogP contribution >= 0.6 is 12.4 Å². The molecule has 12 heteroatoms. The third kappa shape index (κ3) is 10.4. The molecule has 2 amide bonds. The number of likely N-dealkylation sites (N-methyl/N-ethyl adjacent to an activating group) is 1. The summed E-state index contributed by atoms with van der Waals surface area (Å²) in [7, 11) is -3.30. The van der Waals surface area contributed by atoms with E-state index >= 15 is 0 Å². The number of nitrogens with one attached hydrogen (secondary N) is 1. The second-order valence-electron chi connectivity index (χ2n) is 9.96. The minimum atomic E-state index is -4.56. The fourth-order valence-electron chi connectivity index (χ4n) is 4.97. The van der Waals surface area contributed by atoms with E-state index in [1.807, 2.05) is 17.9 Å². The molecule has 7 nitrogen and oxygen atoms in total. The molecule has 0 saturated carbocycles. The highest BCUT2D eigenvalue weighted by molar-refractivity contribution is 7.90. The van der Waals surface area contributed by atoms with Crippen LogP contribution in [0.5, 0.6) is 0 Å².